The molecule has 3 aromatic carbocycles. The molecule has 26 heavy (non-hydrogen) atoms. The van der Waals surface area contributed by atoms with Crippen molar-refractivity contribution < 1.29 is 0 Å². The minimum Gasteiger partial charge on any atom is -0.370 e. The van der Waals surface area contributed by atoms with Gasteiger partial charge in [-0.25, -0.2) is 0 Å². The topological polar surface area (TPSA) is 3.24 Å². The molecule has 0 aliphatic rings. The molecule has 133 valence electrons. The van der Waals surface area contributed by atoms with Crippen molar-refractivity contribution in [2.45, 2.75) is 0 Å². The summed E-state index contributed by atoms with van der Waals surface area (Å²) in [5.74, 6) is 2.93. The van der Waals surface area contributed by atoms with Crippen LogP contribution in [0.15, 0.2) is 84.9 Å². The van der Waals surface area contributed by atoms with Crippen LogP contribution in [-0.2, 0) is 0 Å². The molecule has 0 fully saturated rings. The minimum absolute atomic E-state index is 0.834. The molecule has 0 aliphatic carbocycles. The van der Waals surface area contributed by atoms with Gasteiger partial charge in [-0.15, -0.1) is 0 Å². The Hall–Kier alpha value is -1.84. The summed E-state index contributed by atoms with van der Waals surface area (Å²) < 4.78 is 0. The van der Waals surface area contributed by atoms with Crippen LogP contribution in [0.5, 0.6) is 0 Å². The van der Waals surface area contributed by atoms with E-state index in [0.29, 0.717) is 0 Å². The van der Waals surface area contributed by atoms with E-state index in [4.69, 9.17) is 0 Å². The fourth-order valence-corrected chi connectivity index (χ4v) is 3.64. The number of benzene rings is 3. The second kappa shape index (κ2) is 9.75. The standard InChI is InChI=1S/C23H24NS2/c25-17-15-24(16-18-26)22-13-11-21(12-14-22)23(19-7-3-1-4-8-19)20-9-5-2-6-10-20/h1-14,25-26H,15-18H2. The predicted octanol–water partition coefficient (Wildman–Crippen LogP) is 5.37. The van der Waals surface area contributed by atoms with E-state index in [2.05, 4.69) is 115 Å². The summed E-state index contributed by atoms with van der Waals surface area (Å²) in [5.41, 5.74) is 4.91. The highest BCUT2D eigenvalue weighted by Crippen LogP contribution is 2.31. The van der Waals surface area contributed by atoms with Gasteiger partial charge < -0.3 is 4.90 Å². The van der Waals surface area contributed by atoms with Crippen LogP contribution >= 0.6 is 25.3 Å². The molecule has 0 unspecified atom stereocenters. The average molecular weight is 379 g/mol. The Balaban J connectivity index is 1.95. The van der Waals surface area contributed by atoms with Gasteiger partial charge in [0, 0.05) is 30.3 Å². The number of thiol groups is 2. The average Bonchev–Trinajstić information content (AvgIpc) is 2.70. The third kappa shape index (κ3) is 4.66. The quantitative estimate of drug-likeness (QED) is 0.394. The maximum absolute atomic E-state index is 4.38. The van der Waals surface area contributed by atoms with Crippen LogP contribution in [0.3, 0.4) is 0 Å². The first-order chi connectivity index (χ1) is 12.8. The summed E-state index contributed by atoms with van der Waals surface area (Å²) in [6, 6.07) is 30.0. The van der Waals surface area contributed by atoms with Crippen LogP contribution in [0.25, 0.3) is 0 Å². The first-order valence-corrected chi connectivity index (χ1v) is 10.1. The highest BCUT2D eigenvalue weighted by Gasteiger charge is 2.17. The predicted molar refractivity (Wildman–Crippen MR) is 120 cm³/mol. The molecule has 3 heteroatoms. The van der Waals surface area contributed by atoms with Crippen LogP contribution in [0.1, 0.15) is 16.7 Å². The van der Waals surface area contributed by atoms with E-state index in [1.165, 1.54) is 28.3 Å². The van der Waals surface area contributed by atoms with Crippen molar-refractivity contribution in [2.24, 2.45) is 0 Å². The van der Waals surface area contributed by atoms with Gasteiger partial charge in [0.05, 0.1) is 5.92 Å². The monoisotopic (exact) mass is 378 g/mol. The smallest absolute Gasteiger partial charge is 0.0629 e. The van der Waals surface area contributed by atoms with Gasteiger partial charge in [-0.05, 0) is 28.8 Å². The number of anilines is 1. The molecular formula is C23H24NS2. The molecule has 3 aromatic rings. The first-order valence-electron chi connectivity index (χ1n) is 8.88. The largest absolute Gasteiger partial charge is 0.370 e. The fourth-order valence-electron chi connectivity index (χ4n) is 3.16. The van der Waals surface area contributed by atoms with Crippen LogP contribution in [-0.4, -0.2) is 24.6 Å². The Bertz CT molecular complexity index is 727. The third-order valence-electron chi connectivity index (χ3n) is 4.39. The van der Waals surface area contributed by atoms with Gasteiger partial charge >= 0.3 is 0 Å². The zero-order valence-corrected chi connectivity index (χ0v) is 16.5. The summed E-state index contributed by atoms with van der Waals surface area (Å²) in [7, 11) is 0. The number of rotatable bonds is 8. The Morgan fingerprint density at radius 2 is 1.00 bits per heavy atom. The van der Waals surface area contributed by atoms with Crippen LogP contribution in [0, 0.1) is 5.92 Å². The minimum atomic E-state index is 0.834. The molecule has 0 aliphatic heterocycles. The Kier molecular flexibility index (Phi) is 7.10. The Labute approximate surface area is 167 Å². The van der Waals surface area contributed by atoms with Crippen molar-refractivity contribution >= 4 is 30.9 Å². The lowest BCUT2D eigenvalue weighted by Gasteiger charge is -2.24. The molecule has 1 radical (unpaired) electrons. The van der Waals surface area contributed by atoms with Gasteiger partial charge in [0.1, 0.15) is 0 Å². The van der Waals surface area contributed by atoms with Gasteiger partial charge in [0.2, 0.25) is 0 Å². The lowest BCUT2D eigenvalue weighted by Crippen LogP contribution is -2.27. The molecule has 1 nitrogen and oxygen atoms in total. The van der Waals surface area contributed by atoms with E-state index < -0.39 is 0 Å². The molecule has 0 bridgehead atoms. The van der Waals surface area contributed by atoms with Crippen molar-refractivity contribution in [1.29, 1.82) is 0 Å². The second-order valence-corrected chi connectivity index (χ2v) is 6.98. The summed E-state index contributed by atoms with van der Waals surface area (Å²) in [4.78, 5) is 2.33. The van der Waals surface area contributed by atoms with Crippen LogP contribution < -0.4 is 4.90 Å². The zero-order chi connectivity index (χ0) is 18.2. The molecule has 0 saturated heterocycles. The SMILES string of the molecule is SCCN(CCS)c1ccc([C](c2ccccc2)c2ccccc2)cc1. The molecule has 0 spiro atoms. The van der Waals surface area contributed by atoms with Crippen LogP contribution in [0.4, 0.5) is 5.69 Å². The van der Waals surface area contributed by atoms with Crippen molar-refractivity contribution in [3.63, 3.8) is 0 Å². The summed E-state index contributed by atoms with van der Waals surface area (Å²) in [6.07, 6.45) is 0. The van der Waals surface area contributed by atoms with E-state index in [0.717, 1.165) is 24.6 Å². The molecule has 0 N–H and O–H groups in total. The summed E-state index contributed by atoms with van der Waals surface area (Å²) >= 11 is 8.76. The van der Waals surface area contributed by atoms with Gasteiger partial charge in [-0.1, -0.05) is 72.8 Å². The van der Waals surface area contributed by atoms with E-state index in [1.807, 2.05) is 0 Å². The lowest BCUT2D eigenvalue weighted by molar-refractivity contribution is 0.881. The third-order valence-corrected chi connectivity index (χ3v) is 4.79. The molecule has 0 saturated carbocycles. The highest BCUT2D eigenvalue weighted by atomic mass is 32.1. The van der Waals surface area contributed by atoms with Crippen LogP contribution in [0.2, 0.25) is 0 Å². The van der Waals surface area contributed by atoms with Gasteiger partial charge in [-0.2, -0.15) is 25.3 Å². The maximum Gasteiger partial charge on any atom is 0.0629 e. The summed E-state index contributed by atoms with van der Waals surface area (Å²) in [5, 5.41) is 0. The first kappa shape index (κ1) is 18.9. The molecule has 0 heterocycles. The van der Waals surface area contributed by atoms with Gasteiger partial charge in [-0.3, -0.25) is 0 Å². The van der Waals surface area contributed by atoms with E-state index in [-0.39, 0.29) is 0 Å². The van der Waals surface area contributed by atoms with Crippen molar-refractivity contribution in [1.82, 2.24) is 0 Å². The fraction of sp³-hybridized carbons (Fsp3) is 0.174. The van der Waals surface area contributed by atoms with E-state index in [9.17, 15) is 0 Å². The molecule has 0 aromatic heterocycles. The normalized spacial score (nSPS) is 10.9. The van der Waals surface area contributed by atoms with Crippen molar-refractivity contribution in [3.05, 3.63) is 108 Å². The maximum atomic E-state index is 4.38. The lowest BCUT2D eigenvalue weighted by atomic mass is 9.85. The molecule has 0 atom stereocenters. The number of hydrogen-bond acceptors (Lipinski definition) is 3. The van der Waals surface area contributed by atoms with Crippen molar-refractivity contribution in [2.75, 3.05) is 29.5 Å². The second-order valence-electron chi connectivity index (χ2n) is 6.09. The number of nitrogens with zero attached hydrogens (tertiary/aromatic N) is 1. The van der Waals surface area contributed by atoms with E-state index in [1.54, 1.807) is 0 Å². The molecule has 3 rings (SSSR count). The Morgan fingerprint density at radius 3 is 1.42 bits per heavy atom. The molecular weight excluding hydrogens is 354 g/mol. The zero-order valence-electron chi connectivity index (χ0n) is 14.8. The summed E-state index contributed by atoms with van der Waals surface area (Å²) in [6.45, 7) is 1.86. The highest BCUT2D eigenvalue weighted by molar-refractivity contribution is 7.80. The molecule has 0 amide bonds. The van der Waals surface area contributed by atoms with Gasteiger partial charge in [0.25, 0.3) is 0 Å². The Morgan fingerprint density at radius 1 is 0.577 bits per heavy atom. The number of hydrogen-bond donors (Lipinski definition) is 2. The van der Waals surface area contributed by atoms with E-state index >= 15 is 0 Å². The van der Waals surface area contributed by atoms with Crippen molar-refractivity contribution in [3.8, 4) is 0 Å². The van der Waals surface area contributed by atoms with Gasteiger partial charge in [0.15, 0.2) is 0 Å².